The molecule has 15 heavy (non-hydrogen) atoms. The molecule has 2 heterocycles. The van der Waals surface area contributed by atoms with E-state index in [2.05, 4.69) is 25.1 Å². The number of hydrogen-bond acceptors (Lipinski definition) is 5. The van der Waals surface area contributed by atoms with Crippen molar-refractivity contribution in [1.29, 1.82) is 0 Å². The minimum absolute atomic E-state index is 0.949. The normalized spacial score (nSPS) is 9.33. The third kappa shape index (κ3) is 2.57. The van der Waals surface area contributed by atoms with Crippen molar-refractivity contribution in [2.75, 3.05) is 0 Å². The number of hydrogen-bond donors (Lipinski definition) is 0. The fourth-order valence-corrected chi connectivity index (χ4v) is 1.06. The molecule has 0 N–H and O–H groups in total. The van der Waals surface area contributed by atoms with E-state index in [9.17, 15) is 0 Å². The van der Waals surface area contributed by atoms with E-state index in [0.29, 0.717) is 0 Å². The van der Waals surface area contributed by atoms with E-state index < -0.39 is 0 Å². The molecule has 3 rings (SSSR count). The van der Waals surface area contributed by atoms with Crippen LogP contribution in [0.25, 0.3) is 10.9 Å². The summed E-state index contributed by atoms with van der Waals surface area (Å²) in [6.07, 6.45) is 4.57. The second-order valence-corrected chi connectivity index (χ2v) is 2.68. The summed E-state index contributed by atoms with van der Waals surface area (Å²) in [5.41, 5.74) is 0.949. The zero-order valence-corrected chi connectivity index (χ0v) is 7.82. The average molecular weight is 200 g/mol. The first kappa shape index (κ1) is 9.26. The van der Waals surface area contributed by atoms with Crippen LogP contribution in [0.1, 0.15) is 0 Å². The number of nitrogens with zero attached hydrogens (tertiary/aromatic N) is 4. The van der Waals surface area contributed by atoms with Crippen molar-refractivity contribution in [3.8, 4) is 0 Å². The Labute approximate surface area is 85.7 Å². The van der Waals surface area contributed by atoms with E-state index in [0.717, 1.165) is 10.9 Å². The van der Waals surface area contributed by atoms with Crippen molar-refractivity contribution in [3.05, 3.63) is 49.0 Å². The van der Waals surface area contributed by atoms with Gasteiger partial charge in [0.25, 0.3) is 0 Å². The molecule has 74 valence electrons. The van der Waals surface area contributed by atoms with Crippen molar-refractivity contribution >= 4 is 10.9 Å². The maximum absolute atomic E-state index is 4.22. The zero-order chi connectivity index (χ0) is 10.3. The molecule has 2 aromatic heterocycles. The summed E-state index contributed by atoms with van der Waals surface area (Å²) in [7, 11) is 0. The number of benzene rings is 1. The highest BCUT2D eigenvalue weighted by Crippen LogP contribution is 2.06. The second-order valence-electron chi connectivity index (χ2n) is 2.68. The van der Waals surface area contributed by atoms with Gasteiger partial charge in [-0.15, -0.1) is 5.10 Å². The summed E-state index contributed by atoms with van der Waals surface area (Å²) < 4.78 is 4.22. The molecule has 0 radical (unpaired) electrons. The van der Waals surface area contributed by atoms with E-state index in [1.165, 1.54) is 12.5 Å². The molecule has 0 aliphatic carbocycles. The highest BCUT2D eigenvalue weighted by atomic mass is 16.5. The molecule has 0 saturated carbocycles. The second kappa shape index (κ2) is 4.80. The van der Waals surface area contributed by atoms with Gasteiger partial charge in [-0.3, -0.25) is 0 Å². The largest absolute Gasteiger partial charge is 0.346 e. The maximum Gasteiger partial charge on any atom is 0.144 e. The van der Waals surface area contributed by atoms with Crippen molar-refractivity contribution in [2.45, 2.75) is 0 Å². The fourth-order valence-electron chi connectivity index (χ4n) is 1.06. The van der Waals surface area contributed by atoms with Crippen LogP contribution in [-0.4, -0.2) is 20.6 Å². The van der Waals surface area contributed by atoms with E-state index >= 15 is 0 Å². The minimum atomic E-state index is 0.949. The Bertz CT molecular complexity index is 427. The monoisotopic (exact) mass is 200 g/mol. The number of rotatable bonds is 0. The van der Waals surface area contributed by atoms with Crippen LogP contribution in [-0.2, 0) is 0 Å². The van der Waals surface area contributed by atoms with Crippen LogP contribution in [0.3, 0.4) is 0 Å². The molecule has 0 aliphatic heterocycles. The molecule has 1 aromatic carbocycles. The first-order valence-electron chi connectivity index (χ1n) is 4.34. The van der Waals surface area contributed by atoms with Gasteiger partial charge in [0, 0.05) is 10.7 Å². The lowest BCUT2D eigenvalue weighted by Crippen LogP contribution is -1.79. The van der Waals surface area contributed by atoms with Gasteiger partial charge in [-0.25, -0.2) is 0 Å². The summed E-state index contributed by atoms with van der Waals surface area (Å²) in [6, 6.07) is 9.86. The Morgan fingerprint density at radius 2 is 1.87 bits per heavy atom. The molecule has 3 aromatic rings. The standard InChI is InChI=1S/C8H6N2.C2H2N2O/c1-2-4-8-7(3-1)5-6-9-10-8;1-2-5-4-3-1/h1-6H;1-2H. The Balaban J connectivity index is 0.000000144. The van der Waals surface area contributed by atoms with Crippen LogP contribution in [0.4, 0.5) is 0 Å². The lowest BCUT2D eigenvalue weighted by atomic mass is 10.2. The van der Waals surface area contributed by atoms with Gasteiger partial charge >= 0.3 is 0 Å². The van der Waals surface area contributed by atoms with Crippen molar-refractivity contribution in [3.63, 3.8) is 0 Å². The van der Waals surface area contributed by atoms with Crippen LogP contribution >= 0.6 is 0 Å². The quantitative estimate of drug-likeness (QED) is 0.552. The van der Waals surface area contributed by atoms with Gasteiger partial charge in [0.05, 0.1) is 17.9 Å². The Morgan fingerprint density at radius 1 is 0.933 bits per heavy atom. The highest BCUT2D eigenvalue weighted by Gasteiger charge is 1.87. The summed E-state index contributed by atoms with van der Waals surface area (Å²) in [4.78, 5) is 0. The van der Waals surface area contributed by atoms with Crippen LogP contribution < -0.4 is 0 Å². The average Bonchev–Trinajstić information content (AvgIpc) is 2.88. The third-order valence-corrected chi connectivity index (χ3v) is 1.71. The summed E-state index contributed by atoms with van der Waals surface area (Å²) >= 11 is 0. The molecule has 0 bridgehead atoms. The van der Waals surface area contributed by atoms with Gasteiger partial charge in [0.1, 0.15) is 6.26 Å². The predicted molar refractivity (Wildman–Crippen MR) is 53.8 cm³/mol. The van der Waals surface area contributed by atoms with Gasteiger partial charge in [-0.1, -0.05) is 18.2 Å². The van der Waals surface area contributed by atoms with Gasteiger partial charge in [-0.05, 0) is 12.1 Å². The lowest BCUT2D eigenvalue weighted by molar-refractivity contribution is 0.393. The smallest absolute Gasteiger partial charge is 0.144 e. The molecule has 5 heteroatoms. The van der Waals surface area contributed by atoms with Crippen LogP contribution in [0.15, 0.2) is 53.5 Å². The molecule has 0 spiro atoms. The molecule has 0 amide bonds. The van der Waals surface area contributed by atoms with Crippen molar-refractivity contribution < 1.29 is 4.52 Å². The molecule has 0 aliphatic rings. The molecular formula is C10H8N4O. The van der Waals surface area contributed by atoms with Gasteiger partial charge in [0.15, 0.2) is 0 Å². The topological polar surface area (TPSA) is 64.7 Å². The maximum atomic E-state index is 4.22. The van der Waals surface area contributed by atoms with Crippen molar-refractivity contribution in [1.82, 2.24) is 20.6 Å². The zero-order valence-electron chi connectivity index (χ0n) is 7.82. The van der Waals surface area contributed by atoms with Gasteiger partial charge in [-0.2, -0.15) is 10.2 Å². The fraction of sp³-hybridized carbons (Fsp3) is 0. The van der Waals surface area contributed by atoms with Gasteiger partial charge in [0.2, 0.25) is 0 Å². The molecule has 0 unspecified atom stereocenters. The van der Waals surface area contributed by atoms with Crippen LogP contribution in [0.5, 0.6) is 0 Å². The predicted octanol–water partition coefficient (Wildman–Crippen LogP) is 1.70. The third-order valence-electron chi connectivity index (χ3n) is 1.71. The molecule has 0 atom stereocenters. The van der Waals surface area contributed by atoms with Crippen LogP contribution in [0.2, 0.25) is 0 Å². The van der Waals surface area contributed by atoms with Gasteiger partial charge < -0.3 is 4.52 Å². The summed E-state index contributed by atoms with van der Waals surface area (Å²) in [5.74, 6) is 0. The Hall–Kier alpha value is -2.30. The van der Waals surface area contributed by atoms with E-state index in [-0.39, 0.29) is 0 Å². The Kier molecular flexibility index (Phi) is 2.97. The highest BCUT2D eigenvalue weighted by molar-refractivity contribution is 5.77. The van der Waals surface area contributed by atoms with E-state index in [1.807, 2.05) is 30.3 Å². The number of aromatic nitrogens is 4. The summed E-state index contributed by atoms with van der Waals surface area (Å²) in [6.45, 7) is 0. The lowest BCUT2D eigenvalue weighted by Gasteiger charge is -1.90. The molecule has 5 nitrogen and oxygen atoms in total. The molecule has 0 saturated heterocycles. The molecule has 0 fully saturated rings. The first-order chi connectivity index (χ1) is 7.47. The minimum Gasteiger partial charge on any atom is -0.346 e. The summed E-state index contributed by atoms with van der Waals surface area (Å²) in [5, 5.41) is 15.2. The Morgan fingerprint density at radius 3 is 2.53 bits per heavy atom. The van der Waals surface area contributed by atoms with E-state index in [1.54, 1.807) is 6.20 Å². The molecular weight excluding hydrogens is 192 g/mol. The van der Waals surface area contributed by atoms with E-state index in [4.69, 9.17) is 0 Å². The van der Waals surface area contributed by atoms with Crippen LogP contribution in [0, 0.1) is 0 Å². The first-order valence-corrected chi connectivity index (χ1v) is 4.34. The number of fused-ring (bicyclic) bond motifs is 1. The van der Waals surface area contributed by atoms with Crippen molar-refractivity contribution in [2.24, 2.45) is 0 Å². The SMILES string of the molecule is c1ccc2nnccc2c1.c1conn1.